The summed E-state index contributed by atoms with van der Waals surface area (Å²) in [6.45, 7) is 1.26. The summed E-state index contributed by atoms with van der Waals surface area (Å²) < 4.78 is 28.5. The number of imidazole rings is 1. The Bertz CT molecular complexity index is 1670. The molecule has 0 amide bonds. The number of rotatable bonds is 11. The summed E-state index contributed by atoms with van der Waals surface area (Å²) in [6.07, 6.45) is 2.26. The molecule has 2 heterocycles. The molecule has 204 valence electrons. The van der Waals surface area contributed by atoms with Crippen LogP contribution in [0.4, 0.5) is 4.39 Å². The molecule has 0 radical (unpaired) electrons. The summed E-state index contributed by atoms with van der Waals surface area (Å²) in [5.74, 6) is -0.306. The van der Waals surface area contributed by atoms with Crippen molar-refractivity contribution in [3.05, 3.63) is 107 Å². The fraction of sp³-hybridized carbons (Fsp3) is 0.194. The van der Waals surface area contributed by atoms with Crippen LogP contribution in [0.3, 0.4) is 0 Å². The lowest BCUT2D eigenvalue weighted by Crippen LogP contribution is -2.10. The smallest absolute Gasteiger partial charge is 0.335 e. The molecular formula is C31H28FN3O4S. The lowest BCUT2D eigenvalue weighted by Gasteiger charge is -2.11. The van der Waals surface area contributed by atoms with E-state index >= 15 is 4.39 Å². The first-order valence-corrected chi connectivity index (χ1v) is 13.9. The minimum Gasteiger partial charge on any atom is -0.478 e. The van der Waals surface area contributed by atoms with Crippen molar-refractivity contribution in [3.8, 4) is 17.1 Å². The molecule has 0 saturated heterocycles. The molecule has 0 saturated carbocycles. The Morgan fingerprint density at radius 3 is 2.62 bits per heavy atom. The van der Waals surface area contributed by atoms with Crippen LogP contribution in [0, 0.1) is 5.82 Å². The number of thioether (sulfide) groups is 1. The van der Waals surface area contributed by atoms with Crippen molar-refractivity contribution in [2.75, 3.05) is 20.0 Å². The zero-order valence-electron chi connectivity index (χ0n) is 22.1. The van der Waals surface area contributed by atoms with Gasteiger partial charge in [0.1, 0.15) is 18.2 Å². The van der Waals surface area contributed by atoms with Crippen molar-refractivity contribution in [2.24, 2.45) is 0 Å². The van der Waals surface area contributed by atoms with E-state index in [-0.39, 0.29) is 17.8 Å². The van der Waals surface area contributed by atoms with Gasteiger partial charge in [-0.2, -0.15) is 0 Å². The first-order valence-electron chi connectivity index (χ1n) is 12.7. The molecule has 3 aromatic carbocycles. The van der Waals surface area contributed by atoms with E-state index in [9.17, 15) is 9.90 Å². The van der Waals surface area contributed by atoms with E-state index in [1.807, 2.05) is 47.2 Å². The van der Waals surface area contributed by atoms with Gasteiger partial charge in [0.15, 0.2) is 0 Å². The van der Waals surface area contributed by atoms with Gasteiger partial charge in [-0.15, -0.1) is 11.8 Å². The molecule has 2 aromatic heterocycles. The average Bonchev–Trinajstić information content (AvgIpc) is 3.32. The van der Waals surface area contributed by atoms with Gasteiger partial charge in [-0.1, -0.05) is 36.4 Å². The summed E-state index contributed by atoms with van der Waals surface area (Å²) >= 11 is 1.66. The number of hydrogen-bond donors (Lipinski definition) is 1. The number of aromatic carboxylic acids is 1. The quantitative estimate of drug-likeness (QED) is 0.186. The number of hydrogen-bond acceptors (Lipinski definition) is 6. The van der Waals surface area contributed by atoms with Crippen molar-refractivity contribution < 1.29 is 23.8 Å². The zero-order chi connectivity index (χ0) is 28.1. The standard InChI is InChI=1S/C31H28FN3O4S/c1-38-15-14-35-27-17-22(31(36)37)12-13-26(27)33-29(35)18-20-10-11-21(16-24(20)32)25-7-5-9-30(34-25)39-19-23-6-3-4-8-28(23)40-2/h3-13,16-17H,14-15,18-19H2,1-2H3,(H,36,37). The second kappa shape index (κ2) is 12.3. The van der Waals surface area contributed by atoms with Gasteiger partial charge in [0.05, 0.1) is 28.9 Å². The van der Waals surface area contributed by atoms with Crippen LogP contribution in [0.15, 0.2) is 83.8 Å². The number of benzene rings is 3. The molecule has 0 bridgehead atoms. The highest BCUT2D eigenvalue weighted by Crippen LogP contribution is 2.26. The third kappa shape index (κ3) is 6.00. The fourth-order valence-electron chi connectivity index (χ4n) is 4.52. The minimum absolute atomic E-state index is 0.167. The van der Waals surface area contributed by atoms with Gasteiger partial charge in [-0.05, 0) is 48.2 Å². The van der Waals surface area contributed by atoms with Crippen LogP contribution in [-0.4, -0.2) is 45.6 Å². The van der Waals surface area contributed by atoms with Gasteiger partial charge in [0, 0.05) is 42.2 Å². The molecular weight excluding hydrogens is 529 g/mol. The molecule has 0 spiro atoms. The van der Waals surface area contributed by atoms with Crippen LogP contribution in [0.5, 0.6) is 5.88 Å². The maximum atomic E-state index is 15.4. The van der Waals surface area contributed by atoms with Gasteiger partial charge in [0.2, 0.25) is 5.88 Å². The normalized spacial score (nSPS) is 11.2. The molecule has 0 unspecified atom stereocenters. The molecule has 0 aliphatic rings. The van der Waals surface area contributed by atoms with Gasteiger partial charge < -0.3 is 19.1 Å². The number of carboxylic acid groups (broad SMARTS) is 1. The van der Waals surface area contributed by atoms with Crippen LogP contribution in [0.2, 0.25) is 0 Å². The van der Waals surface area contributed by atoms with E-state index < -0.39 is 5.97 Å². The predicted octanol–water partition coefficient (Wildman–Crippen LogP) is 6.47. The van der Waals surface area contributed by atoms with E-state index in [2.05, 4.69) is 16.0 Å². The highest BCUT2D eigenvalue weighted by atomic mass is 32.2. The van der Waals surface area contributed by atoms with E-state index in [1.54, 1.807) is 43.1 Å². The van der Waals surface area contributed by atoms with Crippen molar-refractivity contribution in [2.45, 2.75) is 24.5 Å². The molecule has 0 aliphatic carbocycles. The molecule has 0 atom stereocenters. The molecule has 40 heavy (non-hydrogen) atoms. The first-order chi connectivity index (χ1) is 19.5. The van der Waals surface area contributed by atoms with Crippen molar-refractivity contribution in [1.29, 1.82) is 0 Å². The first kappa shape index (κ1) is 27.4. The third-order valence-electron chi connectivity index (χ3n) is 6.58. The summed E-state index contributed by atoms with van der Waals surface area (Å²) in [5.41, 5.74) is 4.27. The Morgan fingerprint density at radius 2 is 1.85 bits per heavy atom. The van der Waals surface area contributed by atoms with Crippen LogP contribution in [-0.2, 0) is 24.3 Å². The van der Waals surface area contributed by atoms with Crippen molar-refractivity contribution >= 4 is 28.8 Å². The number of nitrogens with zero attached hydrogens (tertiary/aromatic N) is 3. The maximum Gasteiger partial charge on any atom is 0.335 e. The largest absolute Gasteiger partial charge is 0.478 e. The van der Waals surface area contributed by atoms with Gasteiger partial charge in [-0.3, -0.25) is 0 Å². The Balaban J connectivity index is 1.38. The van der Waals surface area contributed by atoms with Crippen molar-refractivity contribution in [3.63, 3.8) is 0 Å². The van der Waals surface area contributed by atoms with E-state index in [1.165, 1.54) is 12.1 Å². The number of fused-ring (bicyclic) bond motifs is 1. The molecule has 9 heteroatoms. The summed E-state index contributed by atoms with van der Waals surface area (Å²) in [6, 6.07) is 23.3. The van der Waals surface area contributed by atoms with Gasteiger partial charge in [-0.25, -0.2) is 19.2 Å². The van der Waals surface area contributed by atoms with Crippen LogP contribution in [0.25, 0.3) is 22.3 Å². The maximum absolute atomic E-state index is 15.4. The second-order valence-electron chi connectivity index (χ2n) is 9.13. The van der Waals surface area contributed by atoms with Gasteiger partial charge >= 0.3 is 5.97 Å². The summed E-state index contributed by atoms with van der Waals surface area (Å²) in [4.78, 5) is 21.9. The lowest BCUT2D eigenvalue weighted by molar-refractivity contribution is 0.0697. The number of ether oxygens (including phenoxy) is 2. The number of aromatic nitrogens is 3. The SMILES string of the molecule is COCCn1c(Cc2ccc(-c3cccc(OCc4ccccc4SC)n3)cc2F)nc2ccc(C(=O)O)cc21. The van der Waals surface area contributed by atoms with E-state index in [4.69, 9.17) is 9.47 Å². The van der Waals surface area contributed by atoms with Crippen LogP contribution in [0.1, 0.15) is 27.3 Å². The molecule has 5 rings (SSSR count). The molecule has 0 aliphatic heterocycles. The van der Waals surface area contributed by atoms with Crippen LogP contribution >= 0.6 is 11.8 Å². The lowest BCUT2D eigenvalue weighted by atomic mass is 10.1. The second-order valence-corrected chi connectivity index (χ2v) is 9.97. The molecule has 7 nitrogen and oxygen atoms in total. The number of halogens is 1. The summed E-state index contributed by atoms with van der Waals surface area (Å²) in [7, 11) is 1.59. The topological polar surface area (TPSA) is 86.5 Å². The number of pyridine rings is 1. The fourth-order valence-corrected chi connectivity index (χ4v) is 5.13. The Hall–Kier alpha value is -4.21. The molecule has 0 fully saturated rings. The highest BCUT2D eigenvalue weighted by molar-refractivity contribution is 7.98. The zero-order valence-corrected chi connectivity index (χ0v) is 23.0. The molecule has 1 N–H and O–H groups in total. The van der Waals surface area contributed by atoms with Gasteiger partial charge in [0.25, 0.3) is 0 Å². The van der Waals surface area contributed by atoms with Crippen LogP contribution < -0.4 is 4.74 Å². The number of carbonyl (C=O) groups is 1. The van der Waals surface area contributed by atoms with Crippen molar-refractivity contribution in [1.82, 2.24) is 14.5 Å². The Labute approximate surface area is 235 Å². The predicted molar refractivity (Wildman–Crippen MR) is 154 cm³/mol. The number of methoxy groups -OCH3 is 1. The third-order valence-corrected chi connectivity index (χ3v) is 7.42. The Morgan fingerprint density at radius 1 is 1.00 bits per heavy atom. The van der Waals surface area contributed by atoms with E-state index in [0.717, 1.165) is 10.5 Å². The summed E-state index contributed by atoms with van der Waals surface area (Å²) in [5, 5.41) is 9.41. The highest BCUT2D eigenvalue weighted by Gasteiger charge is 2.16. The minimum atomic E-state index is -1.02. The average molecular weight is 558 g/mol. The number of carboxylic acids is 1. The monoisotopic (exact) mass is 557 g/mol. The van der Waals surface area contributed by atoms with E-state index in [0.29, 0.717) is 59.3 Å². The Kier molecular flexibility index (Phi) is 8.42. The molecule has 5 aromatic rings.